The average Bonchev–Trinajstić information content (AvgIpc) is 2.27. The van der Waals surface area contributed by atoms with Gasteiger partial charge in [-0.3, -0.25) is 4.79 Å². The topological polar surface area (TPSA) is 52.3 Å². The maximum absolute atomic E-state index is 11.0. The Morgan fingerprint density at radius 3 is 2.60 bits per heavy atom. The minimum atomic E-state index is -0.167. The van der Waals surface area contributed by atoms with Crippen LogP contribution in [0.1, 0.15) is 17.5 Å². The summed E-state index contributed by atoms with van der Waals surface area (Å²) in [6, 6.07) is 8.16. The van der Waals surface area contributed by atoms with Crippen molar-refractivity contribution in [3.8, 4) is 0 Å². The Morgan fingerprint density at radius 2 is 2.00 bits per heavy atom. The van der Waals surface area contributed by atoms with Crippen LogP contribution >= 0.6 is 0 Å². The number of carbonyl (C=O) groups excluding carboxylic acids is 1. The Balaban J connectivity index is 2.53. The highest BCUT2D eigenvalue weighted by molar-refractivity contribution is 5.69. The number of methoxy groups -OCH3 is 1. The van der Waals surface area contributed by atoms with E-state index in [2.05, 4.69) is 16.9 Å². The summed E-state index contributed by atoms with van der Waals surface area (Å²) in [6.07, 6.45) is 2.04. The number of hydrogen-bond donors (Lipinski definition) is 1. The molecule has 0 saturated heterocycles. The second-order valence-electron chi connectivity index (χ2n) is 3.43. The lowest BCUT2D eigenvalue weighted by Crippen LogP contribution is -2.04. The third-order valence-electron chi connectivity index (χ3n) is 2.27. The van der Waals surface area contributed by atoms with Crippen molar-refractivity contribution in [3.05, 3.63) is 35.4 Å². The molecule has 1 aromatic rings. The van der Waals surface area contributed by atoms with Crippen molar-refractivity contribution in [1.29, 1.82) is 0 Å². The SMILES string of the molecule is COC(=O)CCc1cccc(CCN)c1. The number of hydrogen-bond acceptors (Lipinski definition) is 3. The van der Waals surface area contributed by atoms with Crippen LogP contribution in [0.15, 0.2) is 24.3 Å². The molecule has 1 rings (SSSR count). The van der Waals surface area contributed by atoms with E-state index >= 15 is 0 Å². The summed E-state index contributed by atoms with van der Waals surface area (Å²) in [7, 11) is 1.41. The van der Waals surface area contributed by atoms with Crippen LogP contribution in [0.25, 0.3) is 0 Å². The molecule has 0 atom stereocenters. The van der Waals surface area contributed by atoms with E-state index in [0.29, 0.717) is 13.0 Å². The molecule has 0 fully saturated rings. The number of benzene rings is 1. The van der Waals surface area contributed by atoms with Gasteiger partial charge in [-0.15, -0.1) is 0 Å². The van der Waals surface area contributed by atoms with Crippen molar-refractivity contribution in [2.45, 2.75) is 19.3 Å². The molecule has 0 spiro atoms. The van der Waals surface area contributed by atoms with E-state index in [9.17, 15) is 4.79 Å². The molecule has 0 aliphatic rings. The summed E-state index contributed by atoms with van der Waals surface area (Å²) in [5.74, 6) is -0.167. The minimum Gasteiger partial charge on any atom is -0.469 e. The first kappa shape index (κ1) is 11.7. The van der Waals surface area contributed by atoms with Crippen molar-refractivity contribution >= 4 is 5.97 Å². The van der Waals surface area contributed by atoms with E-state index in [4.69, 9.17) is 5.73 Å². The highest BCUT2D eigenvalue weighted by Gasteiger charge is 2.01. The molecule has 0 saturated carbocycles. The first-order valence-electron chi connectivity index (χ1n) is 5.11. The zero-order valence-electron chi connectivity index (χ0n) is 9.03. The number of esters is 1. The molecular formula is C12H17NO2. The van der Waals surface area contributed by atoms with Crippen LogP contribution in [0.2, 0.25) is 0 Å². The van der Waals surface area contributed by atoms with E-state index in [1.807, 2.05) is 12.1 Å². The standard InChI is InChI=1S/C12H17NO2/c1-15-12(14)6-5-10-3-2-4-11(9-10)7-8-13/h2-4,9H,5-8,13H2,1H3. The number of ether oxygens (including phenoxy) is 1. The van der Waals surface area contributed by atoms with Crippen LogP contribution in [0.3, 0.4) is 0 Å². The lowest BCUT2D eigenvalue weighted by molar-refractivity contribution is -0.140. The molecule has 0 amide bonds. The zero-order valence-corrected chi connectivity index (χ0v) is 9.03. The minimum absolute atomic E-state index is 0.167. The van der Waals surface area contributed by atoms with Crippen LogP contribution < -0.4 is 5.73 Å². The maximum Gasteiger partial charge on any atom is 0.305 e. The van der Waals surface area contributed by atoms with Gasteiger partial charge in [0, 0.05) is 6.42 Å². The Bertz CT molecular complexity index is 323. The fraction of sp³-hybridized carbons (Fsp3) is 0.417. The molecule has 2 N–H and O–H groups in total. The fourth-order valence-corrected chi connectivity index (χ4v) is 1.46. The molecule has 0 radical (unpaired) electrons. The van der Waals surface area contributed by atoms with Gasteiger partial charge in [-0.1, -0.05) is 24.3 Å². The number of rotatable bonds is 5. The Hall–Kier alpha value is -1.35. The molecule has 0 aliphatic carbocycles. The summed E-state index contributed by atoms with van der Waals surface area (Å²) in [5, 5.41) is 0. The predicted molar refractivity (Wildman–Crippen MR) is 59.5 cm³/mol. The van der Waals surface area contributed by atoms with Gasteiger partial charge in [0.05, 0.1) is 7.11 Å². The number of nitrogens with two attached hydrogens (primary N) is 1. The fourth-order valence-electron chi connectivity index (χ4n) is 1.46. The summed E-state index contributed by atoms with van der Waals surface area (Å²) < 4.78 is 4.59. The summed E-state index contributed by atoms with van der Waals surface area (Å²) >= 11 is 0. The summed E-state index contributed by atoms with van der Waals surface area (Å²) in [6.45, 7) is 0.653. The van der Waals surface area contributed by atoms with Crippen LogP contribution in [0.4, 0.5) is 0 Å². The normalized spacial score (nSPS) is 10.0. The van der Waals surface area contributed by atoms with Crippen LogP contribution in [-0.2, 0) is 22.4 Å². The molecule has 3 nitrogen and oxygen atoms in total. The Labute approximate surface area is 90.2 Å². The van der Waals surface area contributed by atoms with Crippen molar-refractivity contribution in [2.75, 3.05) is 13.7 Å². The maximum atomic E-state index is 11.0. The molecule has 0 unspecified atom stereocenters. The number of aryl methyl sites for hydroxylation is 1. The quantitative estimate of drug-likeness (QED) is 0.740. The van der Waals surface area contributed by atoms with E-state index in [1.54, 1.807) is 0 Å². The third kappa shape index (κ3) is 4.13. The summed E-state index contributed by atoms with van der Waals surface area (Å²) in [5.41, 5.74) is 7.86. The van der Waals surface area contributed by atoms with Gasteiger partial charge in [-0.25, -0.2) is 0 Å². The predicted octanol–water partition coefficient (Wildman–Crippen LogP) is 1.29. The van der Waals surface area contributed by atoms with E-state index < -0.39 is 0 Å². The van der Waals surface area contributed by atoms with Crippen LogP contribution in [0.5, 0.6) is 0 Å². The van der Waals surface area contributed by atoms with Crippen LogP contribution in [0, 0.1) is 0 Å². The van der Waals surface area contributed by atoms with Crippen molar-refractivity contribution < 1.29 is 9.53 Å². The first-order valence-corrected chi connectivity index (χ1v) is 5.11. The van der Waals surface area contributed by atoms with E-state index in [1.165, 1.54) is 12.7 Å². The lowest BCUT2D eigenvalue weighted by Gasteiger charge is -2.03. The van der Waals surface area contributed by atoms with Crippen molar-refractivity contribution in [2.24, 2.45) is 5.73 Å². The third-order valence-corrected chi connectivity index (χ3v) is 2.27. The zero-order chi connectivity index (χ0) is 11.1. The monoisotopic (exact) mass is 207 g/mol. The lowest BCUT2D eigenvalue weighted by atomic mass is 10.0. The van der Waals surface area contributed by atoms with Gasteiger partial charge in [0.25, 0.3) is 0 Å². The van der Waals surface area contributed by atoms with Crippen LogP contribution in [-0.4, -0.2) is 19.6 Å². The Morgan fingerprint density at radius 1 is 1.33 bits per heavy atom. The molecule has 0 heterocycles. The van der Waals surface area contributed by atoms with Crippen molar-refractivity contribution in [1.82, 2.24) is 0 Å². The van der Waals surface area contributed by atoms with Gasteiger partial charge in [-0.05, 0) is 30.5 Å². The average molecular weight is 207 g/mol. The molecule has 1 aromatic carbocycles. The smallest absolute Gasteiger partial charge is 0.305 e. The summed E-state index contributed by atoms with van der Waals surface area (Å²) in [4.78, 5) is 11.0. The molecule has 0 bridgehead atoms. The second kappa shape index (κ2) is 6.19. The number of carbonyl (C=O) groups is 1. The first-order chi connectivity index (χ1) is 7.26. The van der Waals surface area contributed by atoms with Gasteiger partial charge in [0.15, 0.2) is 0 Å². The molecule has 0 aliphatic heterocycles. The van der Waals surface area contributed by atoms with Gasteiger partial charge in [0.2, 0.25) is 0 Å². The Kier molecular flexibility index (Phi) is 4.84. The van der Waals surface area contributed by atoms with Crippen molar-refractivity contribution in [3.63, 3.8) is 0 Å². The van der Waals surface area contributed by atoms with Gasteiger partial charge in [-0.2, -0.15) is 0 Å². The highest BCUT2D eigenvalue weighted by atomic mass is 16.5. The van der Waals surface area contributed by atoms with Gasteiger partial charge in [0.1, 0.15) is 0 Å². The molecule has 0 aromatic heterocycles. The second-order valence-corrected chi connectivity index (χ2v) is 3.43. The molecular weight excluding hydrogens is 190 g/mol. The van der Waals surface area contributed by atoms with E-state index in [0.717, 1.165) is 18.4 Å². The molecule has 82 valence electrons. The van der Waals surface area contributed by atoms with Gasteiger partial charge >= 0.3 is 5.97 Å². The molecule has 3 heteroatoms. The largest absolute Gasteiger partial charge is 0.469 e. The molecule has 15 heavy (non-hydrogen) atoms. The van der Waals surface area contributed by atoms with E-state index in [-0.39, 0.29) is 5.97 Å². The van der Waals surface area contributed by atoms with Gasteiger partial charge < -0.3 is 10.5 Å². The highest BCUT2D eigenvalue weighted by Crippen LogP contribution is 2.08.